The summed E-state index contributed by atoms with van der Waals surface area (Å²) in [6.07, 6.45) is 1.08. The molecular weight excluding hydrogens is 220 g/mol. The van der Waals surface area contributed by atoms with Crippen LogP contribution < -0.4 is 0 Å². The molecule has 0 saturated heterocycles. The zero-order valence-corrected chi connectivity index (χ0v) is 11.1. The van der Waals surface area contributed by atoms with Crippen LogP contribution in [0.5, 0.6) is 0 Å². The summed E-state index contributed by atoms with van der Waals surface area (Å²) in [5, 5.41) is 0. The third kappa shape index (κ3) is 3.44. The Morgan fingerprint density at radius 2 is 1.50 bits per heavy atom. The van der Waals surface area contributed by atoms with Gasteiger partial charge in [-0.2, -0.15) is 0 Å². The highest BCUT2D eigenvalue weighted by Crippen LogP contribution is 2.20. The molecule has 1 atom stereocenters. The lowest BCUT2D eigenvalue weighted by Crippen LogP contribution is -1.98. The van der Waals surface area contributed by atoms with E-state index in [1.54, 1.807) is 7.11 Å². The molecule has 0 saturated carbocycles. The maximum atomic E-state index is 5.12. The predicted octanol–water partition coefficient (Wildman–Crippen LogP) is 4.18. The summed E-state index contributed by atoms with van der Waals surface area (Å²) in [6.45, 7) is 2.97. The summed E-state index contributed by atoms with van der Waals surface area (Å²) in [5.41, 5.74) is 4.01. The van der Waals surface area contributed by atoms with Crippen LogP contribution in [-0.2, 0) is 17.8 Å². The van der Waals surface area contributed by atoms with Crippen molar-refractivity contribution in [2.24, 2.45) is 0 Å². The first-order valence-electron chi connectivity index (χ1n) is 6.41. The van der Waals surface area contributed by atoms with Crippen LogP contribution in [0.1, 0.15) is 29.5 Å². The molecule has 0 aliphatic rings. The number of ether oxygens (including phenoxy) is 1. The molecule has 0 amide bonds. The second kappa shape index (κ2) is 6.36. The molecule has 0 radical (unpaired) electrons. The molecular formula is C17H20O. The molecule has 1 unspecified atom stereocenters. The number of benzene rings is 2. The van der Waals surface area contributed by atoms with E-state index in [1.165, 1.54) is 16.7 Å². The van der Waals surface area contributed by atoms with E-state index in [0.717, 1.165) is 6.42 Å². The van der Waals surface area contributed by atoms with Gasteiger partial charge >= 0.3 is 0 Å². The molecule has 2 aromatic carbocycles. The molecule has 0 N–H and O–H groups in total. The van der Waals surface area contributed by atoms with E-state index in [9.17, 15) is 0 Å². The highest BCUT2D eigenvalue weighted by Gasteiger charge is 2.05. The van der Waals surface area contributed by atoms with Crippen LogP contribution in [0.2, 0.25) is 0 Å². The number of hydrogen-bond donors (Lipinski definition) is 0. The Hall–Kier alpha value is -1.60. The molecule has 0 aromatic heterocycles. The third-order valence-electron chi connectivity index (χ3n) is 3.24. The first kappa shape index (κ1) is 12.8. The van der Waals surface area contributed by atoms with E-state index in [2.05, 4.69) is 61.5 Å². The van der Waals surface area contributed by atoms with Gasteiger partial charge in [-0.1, -0.05) is 61.5 Å². The Kier molecular flexibility index (Phi) is 4.54. The van der Waals surface area contributed by atoms with Gasteiger partial charge in [0.25, 0.3) is 0 Å². The van der Waals surface area contributed by atoms with Crippen LogP contribution in [-0.4, -0.2) is 7.11 Å². The fourth-order valence-electron chi connectivity index (χ4n) is 2.19. The summed E-state index contributed by atoms with van der Waals surface area (Å²) in [4.78, 5) is 0. The molecule has 2 aromatic rings. The zero-order valence-electron chi connectivity index (χ0n) is 11.1. The van der Waals surface area contributed by atoms with E-state index < -0.39 is 0 Å². The first-order chi connectivity index (χ1) is 8.79. The summed E-state index contributed by atoms with van der Waals surface area (Å²) >= 11 is 0. The Labute approximate surface area is 109 Å². The molecule has 0 bridgehead atoms. The van der Waals surface area contributed by atoms with Gasteiger partial charge in [0.05, 0.1) is 6.61 Å². The van der Waals surface area contributed by atoms with Gasteiger partial charge in [-0.05, 0) is 29.0 Å². The monoisotopic (exact) mass is 240 g/mol. The average Bonchev–Trinajstić information content (AvgIpc) is 2.42. The minimum atomic E-state index is 0.555. The van der Waals surface area contributed by atoms with Crippen LogP contribution in [0.4, 0.5) is 0 Å². The second-order valence-electron chi connectivity index (χ2n) is 4.77. The second-order valence-corrected chi connectivity index (χ2v) is 4.77. The molecule has 0 aliphatic heterocycles. The molecule has 94 valence electrons. The van der Waals surface area contributed by atoms with Crippen LogP contribution in [0.3, 0.4) is 0 Å². The predicted molar refractivity (Wildman–Crippen MR) is 75.7 cm³/mol. The molecule has 2 rings (SSSR count). The average molecular weight is 240 g/mol. The minimum Gasteiger partial charge on any atom is -0.380 e. The number of hydrogen-bond acceptors (Lipinski definition) is 1. The van der Waals surface area contributed by atoms with Crippen molar-refractivity contribution in [3.8, 4) is 0 Å². The van der Waals surface area contributed by atoms with Crippen molar-refractivity contribution in [3.05, 3.63) is 71.3 Å². The van der Waals surface area contributed by atoms with Crippen LogP contribution in [0.15, 0.2) is 54.6 Å². The Balaban J connectivity index is 2.01. The van der Waals surface area contributed by atoms with Crippen LogP contribution >= 0.6 is 0 Å². The smallest absolute Gasteiger partial charge is 0.0713 e. The molecule has 0 fully saturated rings. The Bertz CT molecular complexity index is 459. The topological polar surface area (TPSA) is 9.23 Å². The van der Waals surface area contributed by atoms with Gasteiger partial charge < -0.3 is 4.74 Å². The van der Waals surface area contributed by atoms with Crippen molar-refractivity contribution in [3.63, 3.8) is 0 Å². The SMILES string of the molecule is COCc1ccc(CC(C)c2ccccc2)cc1. The highest BCUT2D eigenvalue weighted by atomic mass is 16.5. The standard InChI is InChI=1S/C17H20O/c1-14(17-6-4-3-5-7-17)12-15-8-10-16(11-9-15)13-18-2/h3-11,14H,12-13H2,1-2H3. The molecule has 18 heavy (non-hydrogen) atoms. The summed E-state index contributed by atoms with van der Waals surface area (Å²) < 4.78 is 5.12. The van der Waals surface area contributed by atoms with Crippen molar-refractivity contribution in [2.75, 3.05) is 7.11 Å². The van der Waals surface area contributed by atoms with E-state index in [1.807, 2.05) is 0 Å². The lowest BCUT2D eigenvalue weighted by molar-refractivity contribution is 0.185. The summed E-state index contributed by atoms with van der Waals surface area (Å²) in [7, 11) is 1.73. The normalized spacial score (nSPS) is 12.3. The zero-order chi connectivity index (χ0) is 12.8. The van der Waals surface area contributed by atoms with Gasteiger partial charge in [-0.25, -0.2) is 0 Å². The fourth-order valence-corrected chi connectivity index (χ4v) is 2.19. The summed E-state index contributed by atoms with van der Waals surface area (Å²) in [5.74, 6) is 0.555. The Morgan fingerprint density at radius 1 is 0.889 bits per heavy atom. The van der Waals surface area contributed by atoms with Gasteiger partial charge in [0.2, 0.25) is 0 Å². The van der Waals surface area contributed by atoms with Crippen molar-refractivity contribution in [1.82, 2.24) is 0 Å². The van der Waals surface area contributed by atoms with Crippen molar-refractivity contribution >= 4 is 0 Å². The van der Waals surface area contributed by atoms with E-state index in [-0.39, 0.29) is 0 Å². The van der Waals surface area contributed by atoms with Gasteiger partial charge in [-0.3, -0.25) is 0 Å². The van der Waals surface area contributed by atoms with Crippen LogP contribution in [0, 0.1) is 0 Å². The number of rotatable bonds is 5. The number of methoxy groups -OCH3 is 1. The van der Waals surface area contributed by atoms with E-state index in [4.69, 9.17) is 4.74 Å². The van der Waals surface area contributed by atoms with Crippen LogP contribution in [0.25, 0.3) is 0 Å². The van der Waals surface area contributed by atoms with Gasteiger partial charge in [-0.15, -0.1) is 0 Å². The maximum absolute atomic E-state index is 5.12. The fraction of sp³-hybridized carbons (Fsp3) is 0.294. The Morgan fingerprint density at radius 3 is 2.11 bits per heavy atom. The van der Waals surface area contributed by atoms with E-state index >= 15 is 0 Å². The van der Waals surface area contributed by atoms with E-state index in [0.29, 0.717) is 12.5 Å². The molecule has 0 heterocycles. The maximum Gasteiger partial charge on any atom is 0.0713 e. The molecule has 0 spiro atoms. The van der Waals surface area contributed by atoms with Gasteiger partial charge in [0.1, 0.15) is 0 Å². The third-order valence-corrected chi connectivity index (χ3v) is 3.24. The largest absolute Gasteiger partial charge is 0.380 e. The van der Waals surface area contributed by atoms with Crippen molar-refractivity contribution in [1.29, 1.82) is 0 Å². The lowest BCUT2D eigenvalue weighted by Gasteiger charge is -2.12. The quantitative estimate of drug-likeness (QED) is 0.762. The molecule has 1 heteroatoms. The summed E-state index contributed by atoms with van der Waals surface area (Å²) in [6, 6.07) is 19.4. The molecule has 1 nitrogen and oxygen atoms in total. The van der Waals surface area contributed by atoms with Gasteiger partial charge in [0, 0.05) is 7.11 Å². The highest BCUT2D eigenvalue weighted by molar-refractivity contribution is 5.26. The van der Waals surface area contributed by atoms with Crippen molar-refractivity contribution < 1.29 is 4.74 Å². The molecule has 0 aliphatic carbocycles. The lowest BCUT2D eigenvalue weighted by atomic mass is 9.93. The minimum absolute atomic E-state index is 0.555. The van der Waals surface area contributed by atoms with Gasteiger partial charge in [0.15, 0.2) is 0 Å². The first-order valence-corrected chi connectivity index (χ1v) is 6.41. The van der Waals surface area contributed by atoms with Crippen molar-refractivity contribution in [2.45, 2.75) is 25.9 Å².